The van der Waals surface area contributed by atoms with Gasteiger partial charge in [0.15, 0.2) is 6.61 Å². The Hall–Kier alpha value is -2.49. The molecule has 0 unspecified atom stereocenters. The van der Waals surface area contributed by atoms with Crippen molar-refractivity contribution in [1.82, 2.24) is 5.32 Å². The van der Waals surface area contributed by atoms with Crippen molar-refractivity contribution in [2.75, 3.05) is 19.8 Å². The van der Waals surface area contributed by atoms with Crippen LogP contribution < -0.4 is 14.8 Å². The van der Waals surface area contributed by atoms with Gasteiger partial charge in [0.1, 0.15) is 18.1 Å². The summed E-state index contributed by atoms with van der Waals surface area (Å²) in [5, 5.41) is 2.79. The molecule has 2 aromatic rings. The van der Waals surface area contributed by atoms with Crippen LogP contribution in [0.5, 0.6) is 11.5 Å². The minimum atomic E-state index is -0.155. The number of carbonyl (C=O) groups excluding carboxylic acids is 1. The Kier molecular flexibility index (Phi) is 6.87. The predicted molar refractivity (Wildman–Crippen MR) is 100 cm³/mol. The van der Waals surface area contributed by atoms with E-state index in [9.17, 15) is 4.79 Å². The van der Waals surface area contributed by atoms with Crippen molar-refractivity contribution >= 4 is 5.91 Å². The van der Waals surface area contributed by atoms with Crippen molar-refractivity contribution in [3.8, 4) is 11.5 Å². The van der Waals surface area contributed by atoms with E-state index < -0.39 is 0 Å². The highest BCUT2D eigenvalue weighted by molar-refractivity contribution is 5.77. The van der Waals surface area contributed by atoms with Crippen molar-refractivity contribution in [3.05, 3.63) is 59.2 Å². The molecule has 0 heterocycles. The molecule has 0 aliphatic heterocycles. The number of hydrogen-bond donors (Lipinski definition) is 1. The van der Waals surface area contributed by atoms with Gasteiger partial charge in [-0.2, -0.15) is 0 Å². The lowest BCUT2D eigenvalue weighted by Gasteiger charge is -2.11. The number of ether oxygens (including phenoxy) is 2. The van der Waals surface area contributed by atoms with Crippen LogP contribution in [0.25, 0.3) is 0 Å². The number of carbonyl (C=O) groups is 1. The van der Waals surface area contributed by atoms with Gasteiger partial charge in [0, 0.05) is 0 Å². The molecule has 1 N–H and O–H groups in total. The molecule has 134 valence electrons. The van der Waals surface area contributed by atoms with Crippen molar-refractivity contribution < 1.29 is 14.3 Å². The zero-order valence-corrected chi connectivity index (χ0v) is 15.5. The molecule has 4 nitrogen and oxygen atoms in total. The average Bonchev–Trinajstić information content (AvgIpc) is 2.58. The topological polar surface area (TPSA) is 47.6 Å². The highest BCUT2D eigenvalue weighted by atomic mass is 16.5. The van der Waals surface area contributed by atoms with E-state index >= 15 is 0 Å². The molecule has 1 amide bonds. The standard InChI is InChI=1S/C21H27NO3/c1-15(2)18-6-8-19(9-7-18)25-14-21(23)22-11-12-24-20-10-5-16(3)13-17(20)4/h5-10,13,15H,11-12,14H2,1-4H3,(H,22,23). The van der Waals surface area contributed by atoms with E-state index in [0.717, 1.165) is 11.3 Å². The number of rotatable bonds is 8. The smallest absolute Gasteiger partial charge is 0.258 e. The van der Waals surface area contributed by atoms with E-state index in [-0.39, 0.29) is 12.5 Å². The second-order valence-corrected chi connectivity index (χ2v) is 6.48. The van der Waals surface area contributed by atoms with Gasteiger partial charge in [-0.1, -0.05) is 43.7 Å². The molecule has 0 fully saturated rings. The third-order valence-electron chi connectivity index (χ3n) is 3.93. The second kappa shape index (κ2) is 9.11. The van der Waals surface area contributed by atoms with Crippen LogP contribution in [-0.4, -0.2) is 25.7 Å². The fourth-order valence-corrected chi connectivity index (χ4v) is 2.46. The molecule has 0 spiro atoms. The Morgan fingerprint density at radius 3 is 2.40 bits per heavy atom. The first-order chi connectivity index (χ1) is 12.0. The fourth-order valence-electron chi connectivity index (χ4n) is 2.46. The molecule has 0 atom stereocenters. The molecule has 2 rings (SSSR count). The molecular formula is C21H27NO3. The van der Waals surface area contributed by atoms with Crippen LogP contribution in [0, 0.1) is 13.8 Å². The molecule has 0 aliphatic carbocycles. The van der Waals surface area contributed by atoms with Gasteiger partial charge in [-0.15, -0.1) is 0 Å². The summed E-state index contributed by atoms with van der Waals surface area (Å²) in [6.07, 6.45) is 0. The van der Waals surface area contributed by atoms with Gasteiger partial charge < -0.3 is 14.8 Å². The first kappa shape index (κ1) is 18.8. The zero-order valence-electron chi connectivity index (χ0n) is 15.5. The maximum atomic E-state index is 11.8. The molecule has 0 radical (unpaired) electrons. The molecule has 0 bridgehead atoms. The second-order valence-electron chi connectivity index (χ2n) is 6.48. The van der Waals surface area contributed by atoms with Crippen molar-refractivity contribution in [2.24, 2.45) is 0 Å². The van der Waals surface area contributed by atoms with Gasteiger partial charge in [0.05, 0.1) is 6.54 Å². The lowest BCUT2D eigenvalue weighted by Crippen LogP contribution is -2.32. The van der Waals surface area contributed by atoms with Crippen molar-refractivity contribution in [3.63, 3.8) is 0 Å². The van der Waals surface area contributed by atoms with Crippen LogP contribution >= 0.6 is 0 Å². The minimum absolute atomic E-state index is 0.00455. The van der Waals surface area contributed by atoms with Crippen molar-refractivity contribution in [2.45, 2.75) is 33.6 Å². The monoisotopic (exact) mass is 341 g/mol. The van der Waals surface area contributed by atoms with Gasteiger partial charge in [0.25, 0.3) is 5.91 Å². The van der Waals surface area contributed by atoms with Gasteiger partial charge in [0.2, 0.25) is 0 Å². The number of hydrogen-bond acceptors (Lipinski definition) is 3. The summed E-state index contributed by atoms with van der Waals surface area (Å²) in [5.41, 5.74) is 3.55. The third-order valence-corrected chi connectivity index (χ3v) is 3.93. The quantitative estimate of drug-likeness (QED) is 0.738. The van der Waals surface area contributed by atoms with Gasteiger partial charge in [-0.05, 0) is 49.1 Å². The normalized spacial score (nSPS) is 10.6. The lowest BCUT2D eigenvalue weighted by atomic mass is 10.0. The maximum Gasteiger partial charge on any atom is 0.258 e. The summed E-state index contributed by atoms with van der Waals surface area (Å²) in [7, 11) is 0. The Morgan fingerprint density at radius 1 is 1.04 bits per heavy atom. The number of aryl methyl sites for hydroxylation is 2. The largest absolute Gasteiger partial charge is 0.491 e. The van der Waals surface area contributed by atoms with Crippen LogP contribution in [0.2, 0.25) is 0 Å². The molecule has 0 aromatic heterocycles. The van der Waals surface area contributed by atoms with Crippen LogP contribution in [0.3, 0.4) is 0 Å². The van der Waals surface area contributed by atoms with E-state index in [4.69, 9.17) is 9.47 Å². The Morgan fingerprint density at radius 2 is 1.76 bits per heavy atom. The average molecular weight is 341 g/mol. The maximum absolute atomic E-state index is 11.8. The number of benzene rings is 2. The van der Waals surface area contributed by atoms with E-state index in [2.05, 4.69) is 25.2 Å². The molecule has 2 aromatic carbocycles. The first-order valence-electron chi connectivity index (χ1n) is 8.65. The van der Waals surface area contributed by atoms with Crippen LogP contribution in [-0.2, 0) is 4.79 Å². The first-order valence-corrected chi connectivity index (χ1v) is 8.65. The SMILES string of the molecule is Cc1ccc(OCCNC(=O)COc2ccc(C(C)C)cc2)c(C)c1. The van der Waals surface area contributed by atoms with Crippen LogP contribution in [0.4, 0.5) is 0 Å². The molecule has 0 aliphatic rings. The van der Waals surface area contributed by atoms with Gasteiger partial charge in [-0.25, -0.2) is 0 Å². The van der Waals surface area contributed by atoms with Crippen LogP contribution in [0.15, 0.2) is 42.5 Å². The molecule has 4 heteroatoms. The van der Waals surface area contributed by atoms with Crippen molar-refractivity contribution in [1.29, 1.82) is 0 Å². The summed E-state index contributed by atoms with van der Waals surface area (Å²) in [6.45, 7) is 9.23. The third kappa shape index (κ3) is 6.14. The summed E-state index contributed by atoms with van der Waals surface area (Å²) < 4.78 is 11.2. The Labute approximate surface area is 150 Å². The summed E-state index contributed by atoms with van der Waals surface area (Å²) in [4.78, 5) is 11.8. The zero-order chi connectivity index (χ0) is 18.2. The lowest BCUT2D eigenvalue weighted by molar-refractivity contribution is -0.123. The van der Waals surface area contributed by atoms with E-state index in [0.29, 0.717) is 24.8 Å². The van der Waals surface area contributed by atoms with Gasteiger partial charge >= 0.3 is 0 Å². The van der Waals surface area contributed by atoms with Gasteiger partial charge in [-0.3, -0.25) is 4.79 Å². The number of nitrogens with one attached hydrogen (secondary N) is 1. The highest BCUT2D eigenvalue weighted by Gasteiger charge is 2.04. The number of amides is 1. The Bertz CT molecular complexity index is 693. The summed E-state index contributed by atoms with van der Waals surface area (Å²) in [6, 6.07) is 13.9. The molecular weight excluding hydrogens is 314 g/mol. The summed E-state index contributed by atoms with van der Waals surface area (Å²) >= 11 is 0. The van der Waals surface area contributed by atoms with Crippen LogP contribution in [0.1, 0.15) is 36.5 Å². The summed E-state index contributed by atoms with van der Waals surface area (Å²) in [5.74, 6) is 1.87. The van der Waals surface area contributed by atoms with E-state index in [1.54, 1.807) is 0 Å². The highest BCUT2D eigenvalue weighted by Crippen LogP contribution is 2.19. The molecule has 0 saturated carbocycles. The predicted octanol–water partition coefficient (Wildman–Crippen LogP) is 4.00. The molecule has 25 heavy (non-hydrogen) atoms. The van der Waals surface area contributed by atoms with E-state index in [1.807, 2.05) is 50.2 Å². The minimum Gasteiger partial charge on any atom is -0.491 e. The van der Waals surface area contributed by atoms with E-state index in [1.165, 1.54) is 11.1 Å². The fraction of sp³-hybridized carbons (Fsp3) is 0.381. The molecule has 0 saturated heterocycles. The Balaban J connectivity index is 1.67.